The minimum Gasteiger partial charge on any atom is -0.360 e. The van der Waals surface area contributed by atoms with E-state index in [1.807, 2.05) is 35.2 Å². The maximum atomic E-state index is 12.9. The second-order valence-electron chi connectivity index (χ2n) is 6.80. The molecule has 3 aromatic rings. The molecule has 0 spiro atoms. The van der Waals surface area contributed by atoms with Gasteiger partial charge in [-0.2, -0.15) is 8.68 Å². The van der Waals surface area contributed by atoms with E-state index in [4.69, 9.17) is 4.52 Å². The maximum Gasteiger partial charge on any atom is 0.272 e. The van der Waals surface area contributed by atoms with E-state index in [1.54, 1.807) is 13.0 Å². The van der Waals surface area contributed by atoms with Crippen LogP contribution in [-0.4, -0.2) is 70.8 Å². The summed E-state index contributed by atoms with van der Waals surface area (Å²) in [6, 6.07) is 10.9. The topological polar surface area (TPSA) is 122 Å². The minimum absolute atomic E-state index is 0.0195. The number of anilines is 1. The van der Waals surface area contributed by atoms with Crippen molar-refractivity contribution in [3.8, 4) is 11.4 Å². The Morgan fingerprint density at radius 1 is 1.20 bits per heavy atom. The molecule has 1 aliphatic heterocycles. The lowest BCUT2D eigenvalue weighted by Gasteiger charge is -2.32. The molecular formula is C18H20N6O4S2. The number of benzene rings is 1. The molecule has 1 saturated heterocycles. The fourth-order valence-electron chi connectivity index (χ4n) is 3.07. The van der Waals surface area contributed by atoms with E-state index in [-0.39, 0.29) is 29.9 Å². The largest absolute Gasteiger partial charge is 0.360 e. The predicted octanol–water partition coefficient (Wildman–Crippen LogP) is 1.45. The maximum absolute atomic E-state index is 12.9. The number of aromatic nitrogens is 3. The Morgan fingerprint density at radius 3 is 2.60 bits per heavy atom. The number of nitrogens with one attached hydrogen (secondary N) is 1. The van der Waals surface area contributed by atoms with Crippen LogP contribution in [0.15, 0.2) is 45.3 Å². The molecule has 0 unspecified atom stereocenters. The van der Waals surface area contributed by atoms with Gasteiger partial charge in [-0.25, -0.2) is 13.4 Å². The third-order valence-corrected chi connectivity index (χ3v) is 7.54. The molecule has 0 radical (unpaired) electrons. The van der Waals surface area contributed by atoms with E-state index in [2.05, 4.69) is 19.8 Å². The average molecular weight is 449 g/mol. The monoisotopic (exact) mass is 448 g/mol. The SMILES string of the molecule is Cc1cc(NC(=O)CN2CCN(S(=O)(=O)c3nc(-c4ccccc4)ns3)CC2)no1. The van der Waals surface area contributed by atoms with Crippen LogP contribution >= 0.6 is 11.5 Å². The van der Waals surface area contributed by atoms with Crippen molar-refractivity contribution in [2.24, 2.45) is 0 Å². The fraction of sp³-hybridized carbons (Fsp3) is 0.333. The summed E-state index contributed by atoms with van der Waals surface area (Å²) in [5, 5.41) is 6.39. The fourth-order valence-corrected chi connectivity index (χ4v) is 5.38. The van der Waals surface area contributed by atoms with Crippen molar-refractivity contribution in [1.29, 1.82) is 0 Å². The van der Waals surface area contributed by atoms with Gasteiger partial charge in [-0.3, -0.25) is 9.69 Å². The highest BCUT2D eigenvalue weighted by Crippen LogP contribution is 2.24. The van der Waals surface area contributed by atoms with Crippen LogP contribution in [0, 0.1) is 6.92 Å². The summed E-state index contributed by atoms with van der Waals surface area (Å²) in [5.74, 6) is 1.15. The van der Waals surface area contributed by atoms with E-state index in [0.29, 0.717) is 30.5 Å². The zero-order valence-electron chi connectivity index (χ0n) is 16.2. The molecule has 0 bridgehead atoms. The average Bonchev–Trinajstić information content (AvgIpc) is 3.39. The first-order valence-corrected chi connectivity index (χ1v) is 11.5. The van der Waals surface area contributed by atoms with Crippen LogP contribution in [0.5, 0.6) is 0 Å². The summed E-state index contributed by atoms with van der Waals surface area (Å²) >= 11 is 0.875. The van der Waals surface area contributed by atoms with E-state index in [1.165, 1.54) is 4.31 Å². The molecule has 1 aliphatic rings. The van der Waals surface area contributed by atoms with Crippen molar-refractivity contribution in [2.75, 3.05) is 38.0 Å². The molecule has 0 aliphatic carbocycles. The molecule has 1 amide bonds. The molecule has 0 saturated carbocycles. The van der Waals surface area contributed by atoms with Crippen molar-refractivity contribution in [1.82, 2.24) is 23.7 Å². The number of sulfonamides is 1. The molecular weight excluding hydrogens is 428 g/mol. The number of hydrogen-bond donors (Lipinski definition) is 1. The lowest BCUT2D eigenvalue weighted by molar-refractivity contribution is -0.117. The lowest BCUT2D eigenvalue weighted by Crippen LogP contribution is -2.50. The Hall–Kier alpha value is -2.67. The van der Waals surface area contributed by atoms with Gasteiger partial charge in [-0.15, -0.1) is 0 Å². The van der Waals surface area contributed by atoms with Crippen LogP contribution in [-0.2, 0) is 14.8 Å². The van der Waals surface area contributed by atoms with Gasteiger partial charge in [0.2, 0.25) is 10.2 Å². The van der Waals surface area contributed by atoms with Crippen molar-refractivity contribution in [3.05, 3.63) is 42.2 Å². The van der Waals surface area contributed by atoms with Gasteiger partial charge in [0.15, 0.2) is 11.6 Å². The zero-order valence-corrected chi connectivity index (χ0v) is 17.8. The summed E-state index contributed by atoms with van der Waals surface area (Å²) in [4.78, 5) is 18.3. The minimum atomic E-state index is -3.72. The van der Waals surface area contributed by atoms with Gasteiger partial charge in [-0.05, 0) is 18.5 Å². The van der Waals surface area contributed by atoms with Crippen LogP contribution in [0.25, 0.3) is 11.4 Å². The molecule has 1 fully saturated rings. The molecule has 2 aromatic heterocycles. The summed E-state index contributed by atoms with van der Waals surface area (Å²) < 4.78 is 36.3. The van der Waals surface area contributed by atoms with Gasteiger partial charge >= 0.3 is 0 Å². The number of amides is 1. The van der Waals surface area contributed by atoms with Crippen molar-refractivity contribution in [2.45, 2.75) is 11.3 Å². The van der Waals surface area contributed by atoms with Crippen LogP contribution in [0.1, 0.15) is 5.76 Å². The smallest absolute Gasteiger partial charge is 0.272 e. The van der Waals surface area contributed by atoms with Crippen molar-refractivity contribution < 1.29 is 17.7 Å². The highest BCUT2D eigenvalue weighted by molar-refractivity contribution is 7.91. The summed E-state index contributed by atoms with van der Waals surface area (Å²) in [6.07, 6.45) is 0. The Balaban J connectivity index is 1.34. The van der Waals surface area contributed by atoms with Gasteiger partial charge < -0.3 is 9.84 Å². The van der Waals surface area contributed by atoms with Gasteiger partial charge in [0.25, 0.3) is 10.0 Å². The van der Waals surface area contributed by atoms with E-state index < -0.39 is 10.0 Å². The molecule has 10 nitrogen and oxygen atoms in total. The number of aryl methyl sites for hydroxylation is 1. The second-order valence-corrected chi connectivity index (χ2v) is 9.66. The second kappa shape index (κ2) is 8.60. The van der Waals surface area contributed by atoms with Gasteiger partial charge in [0, 0.05) is 37.8 Å². The first-order valence-electron chi connectivity index (χ1n) is 9.26. The summed E-state index contributed by atoms with van der Waals surface area (Å²) in [7, 11) is -3.72. The zero-order chi connectivity index (χ0) is 21.1. The molecule has 4 rings (SSSR count). The normalized spacial score (nSPS) is 15.9. The Kier molecular flexibility index (Phi) is 5.90. The predicted molar refractivity (Wildman–Crippen MR) is 110 cm³/mol. The van der Waals surface area contributed by atoms with Crippen LogP contribution in [0.4, 0.5) is 5.82 Å². The number of piperazine rings is 1. The van der Waals surface area contributed by atoms with Crippen LogP contribution in [0.2, 0.25) is 0 Å². The van der Waals surface area contributed by atoms with E-state index >= 15 is 0 Å². The highest BCUT2D eigenvalue weighted by Gasteiger charge is 2.32. The highest BCUT2D eigenvalue weighted by atomic mass is 32.2. The molecule has 30 heavy (non-hydrogen) atoms. The number of rotatable bonds is 6. The number of carbonyl (C=O) groups is 1. The van der Waals surface area contributed by atoms with Gasteiger partial charge in [0.1, 0.15) is 5.76 Å². The van der Waals surface area contributed by atoms with Gasteiger partial charge in [-0.1, -0.05) is 35.5 Å². The Labute approximate surface area is 177 Å². The van der Waals surface area contributed by atoms with Crippen LogP contribution in [0.3, 0.4) is 0 Å². The lowest BCUT2D eigenvalue weighted by atomic mass is 10.2. The van der Waals surface area contributed by atoms with Crippen LogP contribution < -0.4 is 5.32 Å². The summed E-state index contributed by atoms with van der Waals surface area (Å²) in [6.45, 7) is 3.32. The molecule has 158 valence electrons. The molecule has 1 N–H and O–H groups in total. The molecule has 1 aromatic carbocycles. The number of nitrogens with zero attached hydrogens (tertiary/aromatic N) is 5. The standard InChI is InChI=1S/C18H20N6O4S2/c1-13-11-15(21-28-13)19-16(25)12-23-7-9-24(10-8-23)30(26,27)18-20-17(22-29-18)14-5-3-2-4-6-14/h2-6,11H,7-10,12H2,1H3,(H,19,21,25). The Morgan fingerprint density at radius 2 is 1.93 bits per heavy atom. The third-order valence-electron chi connectivity index (χ3n) is 4.59. The number of hydrogen-bond acceptors (Lipinski definition) is 9. The first kappa shape index (κ1) is 20.6. The third kappa shape index (κ3) is 4.56. The first-order chi connectivity index (χ1) is 14.4. The molecule has 0 atom stereocenters. The van der Waals surface area contributed by atoms with Gasteiger partial charge in [0.05, 0.1) is 6.54 Å². The van der Waals surface area contributed by atoms with Crippen molar-refractivity contribution in [3.63, 3.8) is 0 Å². The van der Waals surface area contributed by atoms with E-state index in [0.717, 1.165) is 17.1 Å². The quantitative estimate of drug-likeness (QED) is 0.601. The van der Waals surface area contributed by atoms with E-state index in [9.17, 15) is 13.2 Å². The Bertz CT molecular complexity index is 1120. The molecule has 3 heterocycles. The molecule has 12 heteroatoms. The number of carbonyl (C=O) groups excluding carboxylic acids is 1. The summed E-state index contributed by atoms with van der Waals surface area (Å²) in [5.41, 5.74) is 0.772. The van der Waals surface area contributed by atoms with Crippen molar-refractivity contribution >= 4 is 33.3 Å².